The molecule has 2 aromatic rings. The van der Waals surface area contributed by atoms with Gasteiger partial charge in [-0.2, -0.15) is 0 Å². The van der Waals surface area contributed by atoms with Crippen molar-refractivity contribution >= 4 is 22.6 Å². The fourth-order valence-electron chi connectivity index (χ4n) is 2.81. The minimum Gasteiger partial charge on any atom is -0.339 e. The number of benzene rings is 1. The van der Waals surface area contributed by atoms with E-state index in [1.165, 1.54) is 6.07 Å². The van der Waals surface area contributed by atoms with E-state index in [-0.39, 0.29) is 11.6 Å². The lowest BCUT2D eigenvalue weighted by atomic mass is 10.1. The van der Waals surface area contributed by atoms with Crippen LogP contribution < -0.4 is 0 Å². The first-order valence-corrected chi connectivity index (χ1v) is 6.90. The predicted molar refractivity (Wildman–Crippen MR) is 77.2 cm³/mol. The average Bonchev–Trinajstić information content (AvgIpc) is 3.06. The van der Waals surface area contributed by atoms with Crippen molar-refractivity contribution in [3.8, 4) is 0 Å². The molecule has 0 bridgehead atoms. The van der Waals surface area contributed by atoms with E-state index in [9.17, 15) is 14.9 Å². The topological polar surface area (TPSA) is 81.3 Å². The Bertz CT molecular complexity index is 744. The van der Waals surface area contributed by atoms with Crippen LogP contribution in [0.25, 0.3) is 11.0 Å². The molecule has 0 unspecified atom stereocenters. The van der Waals surface area contributed by atoms with E-state index in [2.05, 4.69) is 4.98 Å². The van der Waals surface area contributed by atoms with Gasteiger partial charge in [0.1, 0.15) is 11.3 Å². The molecule has 0 radical (unpaired) electrons. The smallest absolute Gasteiger partial charge is 0.295 e. The van der Waals surface area contributed by atoms with Crippen molar-refractivity contribution in [3.63, 3.8) is 0 Å². The summed E-state index contributed by atoms with van der Waals surface area (Å²) in [5.74, 6) is 0.527. The predicted octanol–water partition coefficient (Wildman–Crippen LogP) is 2.03. The zero-order valence-corrected chi connectivity index (χ0v) is 12.0. The van der Waals surface area contributed by atoms with E-state index < -0.39 is 4.92 Å². The van der Waals surface area contributed by atoms with Crippen molar-refractivity contribution in [2.45, 2.75) is 19.8 Å². The Hall–Kier alpha value is -2.44. The number of likely N-dealkylation sites (tertiary alicyclic amines) is 1. The number of nitro groups is 1. The minimum atomic E-state index is -0.454. The number of fused-ring (bicyclic) bond motifs is 1. The van der Waals surface area contributed by atoms with Crippen molar-refractivity contribution in [1.29, 1.82) is 0 Å². The van der Waals surface area contributed by atoms with Gasteiger partial charge in [0.05, 0.1) is 10.4 Å². The molecule has 0 spiro atoms. The van der Waals surface area contributed by atoms with Gasteiger partial charge in [0.15, 0.2) is 0 Å². The van der Waals surface area contributed by atoms with Gasteiger partial charge in [-0.25, -0.2) is 4.98 Å². The summed E-state index contributed by atoms with van der Waals surface area (Å²) in [6.45, 7) is 3.21. The lowest BCUT2D eigenvalue weighted by molar-refractivity contribution is -0.383. The largest absolute Gasteiger partial charge is 0.339 e. The molecule has 0 aliphatic carbocycles. The Kier molecular flexibility index (Phi) is 3.12. The van der Waals surface area contributed by atoms with E-state index in [0.29, 0.717) is 35.5 Å². The van der Waals surface area contributed by atoms with Gasteiger partial charge in [0.25, 0.3) is 11.6 Å². The SMILES string of the molecule is Cc1nc2cc(C(=O)N3CCCC3)cc([N+](=O)[O-])c2n1C. The molecule has 1 amide bonds. The molecule has 7 heteroatoms. The van der Waals surface area contributed by atoms with Gasteiger partial charge in [-0.1, -0.05) is 0 Å². The molecule has 1 aromatic carbocycles. The number of nitro benzene ring substituents is 1. The quantitative estimate of drug-likeness (QED) is 0.625. The Labute approximate surface area is 121 Å². The summed E-state index contributed by atoms with van der Waals surface area (Å²) < 4.78 is 1.68. The Morgan fingerprint density at radius 3 is 2.62 bits per heavy atom. The van der Waals surface area contributed by atoms with Crippen molar-refractivity contribution in [3.05, 3.63) is 33.6 Å². The van der Waals surface area contributed by atoms with Crippen LogP contribution in [0.15, 0.2) is 12.1 Å². The molecule has 0 N–H and O–H groups in total. The molecule has 1 aliphatic heterocycles. The first-order chi connectivity index (χ1) is 9.99. The number of carbonyl (C=O) groups excluding carboxylic acids is 1. The van der Waals surface area contributed by atoms with E-state index in [1.54, 1.807) is 29.5 Å². The fourth-order valence-corrected chi connectivity index (χ4v) is 2.81. The fraction of sp³-hybridized carbons (Fsp3) is 0.429. The van der Waals surface area contributed by atoms with E-state index in [0.717, 1.165) is 12.8 Å². The zero-order valence-electron chi connectivity index (χ0n) is 12.0. The highest BCUT2D eigenvalue weighted by atomic mass is 16.6. The minimum absolute atomic E-state index is 0.0712. The second kappa shape index (κ2) is 4.83. The zero-order chi connectivity index (χ0) is 15.1. The monoisotopic (exact) mass is 288 g/mol. The third-order valence-electron chi connectivity index (χ3n) is 4.01. The van der Waals surface area contributed by atoms with Crippen LogP contribution in [0.2, 0.25) is 0 Å². The molecule has 1 fully saturated rings. The van der Waals surface area contributed by atoms with E-state index in [4.69, 9.17) is 0 Å². The van der Waals surface area contributed by atoms with Crippen LogP contribution in [0.4, 0.5) is 5.69 Å². The molecule has 0 atom stereocenters. The molecule has 1 saturated heterocycles. The van der Waals surface area contributed by atoms with Crippen LogP contribution in [-0.2, 0) is 7.05 Å². The number of nitrogens with zero attached hydrogens (tertiary/aromatic N) is 4. The molecule has 0 saturated carbocycles. The van der Waals surface area contributed by atoms with Crippen molar-refractivity contribution in [1.82, 2.24) is 14.5 Å². The number of hydrogen-bond donors (Lipinski definition) is 0. The molecule has 1 aliphatic rings. The average molecular weight is 288 g/mol. The summed E-state index contributed by atoms with van der Waals surface area (Å²) in [5, 5.41) is 11.3. The maximum atomic E-state index is 12.4. The van der Waals surface area contributed by atoms with Gasteiger partial charge in [-0.3, -0.25) is 14.9 Å². The van der Waals surface area contributed by atoms with Crippen molar-refractivity contribution in [2.24, 2.45) is 7.05 Å². The number of aryl methyl sites for hydroxylation is 2. The number of carbonyl (C=O) groups is 1. The maximum absolute atomic E-state index is 12.4. The van der Waals surface area contributed by atoms with Crippen LogP contribution in [0.5, 0.6) is 0 Å². The molecule has 1 aromatic heterocycles. The number of aromatic nitrogens is 2. The van der Waals surface area contributed by atoms with Gasteiger partial charge in [0.2, 0.25) is 0 Å². The van der Waals surface area contributed by atoms with Gasteiger partial charge in [-0.15, -0.1) is 0 Å². The Morgan fingerprint density at radius 2 is 2.00 bits per heavy atom. The maximum Gasteiger partial charge on any atom is 0.295 e. The second-order valence-electron chi connectivity index (χ2n) is 5.34. The van der Waals surface area contributed by atoms with Crippen molar-refractivity contribution < 1.29 is 9.72 Å². The Balaban J connectivity index is 2.16. The highest BCUT2D eigenvalue weighted by Gasteiger charge is 2.25. The summed E-state index contributed by atoms with van der Waals surface area (Å²) in [4.78, 5) is 29.3. The highest BCUT2D eigenvalue weighted by Crippen LogP contribution is 2.28. The number of imidazole rings is 1. The van der Waals surface area contributed by atoms with E-state index in [1.807, 2.05) is 0 Å². The van der Waals surface area contributed by atoms with Gasteiger partial charge in [-0.05, 0) is 25.8 Å². The third-order valence-corrected chi connectivity index (χ3v) is 4.01. The molecule has 7 nitrogen and oxygen atoms in total. The van der Waals surface area contributed by atoms with Gasteiger partial charge in [0, 0.05) is 31.8 Å². The number of amides is 1. The number of rotatable bonds is 2. The number of non-ortho nitro benzene ring substituents is 1. The molecular formula is C14H16N4O3. The molecule has 2 heterocycles. The van der Waals surface area contributed by atoms with Crippen LogP contribution in [0.3, 0.4) is 0 Å². The molecule has 110 valence electrons. The second-order valence-corrected chi connectivity index (χ2v) is 5.34. The summed E-state index contributed by atoms with van der Waals surface area (Å²) in [5.41, 5.74) is 1.22. The van der Waals surface area contributed by atoms with Gasteiger partial charge < -0.3 is 9.47 Å². The normalized spacial score (nSPS) is 14.9. The van der Waals surface area contributed by atoms with Crippen LogP contribution in [0.1, 0.15) is 29.0 Å². The summed E-state index contributed by atoms with van der Waals surface area (Å²) in [7, 11) is 1.74. The summed E-state index contributed by atoms with van der Waals surface area (Å²) >= 11 is 0. The lowest BCUT2D eigenvalue weighted by Gasteiger charge is -2.15. The standard InChI is InChI=1S/C14H16N4O3/c1-9-15-11-7-10(14(19)17-5-3-4-6-17)8-12(18(20)21)13(11)16(9)2/h7-8H,3-6H2,1-2H3. The number of hydrogen-bond acceptors (Lipinski definition) is 4. The molecule has 21 heavy (non-hydrogen) atoms. The highest BCUT2D eigenvalue weighted by molar-refractivity contribution is 6.00. The summed E-state index contributed by atoms with van der Waals surface area (Å²) in [6, 6.07) is 3.01. The molecule has 3 rings (SSSR count). The van der Waals surface area contributed by atoms with Crippen LogP contribution in [0, 0.1) is 17.0 Å². The molecular weight excluding hydrogens is 272 g/mol. The van der Waals surface area contributed by atoms with Gasteiger partial charge >= 0.3 is 0 Å². The Morgan fingerprint density at radius 1 is 1.33 bits per heavy atom. The summed E-state index contributed by atoms with van der Waals surface area (Å²) in [6.07, 6.45) is 1.97. The first kappa shape index (κ1) is 13.5. The van der Waals surface area contributed by atoms with Crippen LogP contribution in [-0.4, -0.2) is 38.4 Å². The van der Waals surface area contributed by atoms with Crippen molar-refractivity contribution in [2.75, 3.05) is 13.1 Å². The lowest BCUT2D eigenvalue weighted by Crippen LogP contribution is -2.27. The van der Waals surface area contributed by atoms with E-state index >= 15 is 0 Å². The first-order valence-electron chi connectivity index (χ1n) is 6.90. The third kappa shape index (κ3) is 2.14. The van der Waals surface area contributed by atoms with Crippen LogP contribution >= 0.6 is 0 Å².